The molecule has 0 aromatic rings. The molecule has 0 aliphatic rings. The molecule has 0 heterocycles. The summed E-state index contributed by atoms with van der Waals surface area (Å²) in [7, 11) is 0. The topological polar surface area (TPSA) is 58.6 Å². The van der Waals surface area contributed by atoms with Gasteiger partial charge in [0.1, 0.15) is 0 Å². The zero-order valence-corrected chi connectivity index (χ0v) is 7.41. The lowest BCUT2D eigenvalue weighted by Gasteiger charge is -2.16. The fourth-order valence-electron chi connectivity index (χ4n) is 0.685. The Morgan fingerprint density at radius 1 is 1.83 bits per heavy atom. The average molecular weight is 173 g/mol. The van der Waals surface area contributed by atoms with Gasteiger partial charge in [-0.05, 0) is 13.8 Å². The molecule has 1 amide bonds. The van der Waals surface area contributed by atoms with Crippen molar-refractivity contribution in [1.82, 2.24) is 5.32 Å². The van der Waals surface area contributed by atoms with Crippen molar-refractivity contribution in [3.8, 4) is 0 Å². The first kappa shape index (κ1) is 11.0. The Morgan fingerprint density at radius 2 is 2.42 bits per heavy atom. The number of aliphatic hydroxyl groups is 1. The van der Waals surface area contributed by atoms with Crippen molar-refractivity contribution in [3.63, 3.8) is 0 Å². The monoisotopic (exact) mass is 173 g/mol. The highest BCUT2D eigenvalue weighted by Gasteiger charge is 2.13. The van der Waals surface area contributed by atoms with Crippen LogP contribution in [-0.4, -0.2) is 30.0 Å². The van der Waals surface area contributed by atoms with E-state index in [1.54, 1.807) is 13.8 Å². The first-order valence-electron chi connectivity index (χ1n) is 3.85. The molecule has 0 bridgehead atoms. The smallest absolute Gasteiger partial charge is 0.407 e. The second-order valence-corrected chi connectivity index (χ2v) is 2.37. The van der Waals surface area contributed by atoms with Crippen LogP contribution in [0.25, 0.3) is 0 Å². The van der Waals surface area contributed by atoms with Crippen LogP contribution >= 0.6 is 0 Å². The summed E-state index contributed by atoms with van der Waals surface area (Å²) in [4.78, 5) is 10.8. The molecule has 4 heteroatoms. The highest BCUT2D eigenvalue weighted by molar-refractivity contribution is 5.67. The van der Waals surface area contributed by atoms with Gasteiger partial charge in [-0.1, -0.05) is 6.08 Å². The minimum atomic E-state index is -0.660. The van der Waals surface area contributed by atoms with E-state index in [1.807, 2.05) is 0 Å². The molecular weight excluding hydrogens is 158 g/mol. The van der Waals surface area contributed by atoms with Gasteiger partial charge in [-0.25, -0.2) is 4.79 Å². The zero-order chi connectivity index (χ0) is 9.56. The summed E-state index contributed by atoms with van der Waals surface area (Å²) in [5.41, 5.74) is 0. The van der Waals surface area contributed by atoms with Crippen LogP contribution in [0.1, 0.15) is 13.8 Å². The molecule has 0 saturated heterocycles. The second-order valence-electron chi connectivity index (χ2n) is 2.37. The highest BCUT2D eigenvalue weighted by Crippen LogP contribution is 1.93. The Kier molecular flexibility index (Phi) is 5.12. The summed E-state index contributed by atoms with van der Waals surface area (Å²) < 4.78 is 4.62. The molecule has 0 rings (SSSR count). The van der Waals surface area contributed by atoms with E-state index < -0.39 is 18.2 Å². The number of carbonyl (C=O) groups is 1. The lowest BCUT2D eigenvalue weighted by Crippen LogP contribution is -2.40. The number of carbonyl (C=O) groups excluding carboxylic acids is 1. The van der Waals surface area contributed by atoms with Crippen molar-refractivity contribution in [1.29, 1.82) is 0 Å². The van der Waals surface area contributed by atoms with E-state index in [-0.39, 0.29) is 0 Å². The molecule has 2 atom stereocenters. The van der Waals surface area contributed by atoms with Crippen molar-refractivity contribution in [3.05, 3.63) is 12.7 Å². The van der Waals surface area contributed by atoms with Crippen LogP contribution in [0, 0.1) is 0 Å². The Balaban J connectivity index is 3.85. The SMILES string of the molecule is C=CC(NC(=O)OCC)C(C)O. The molecule has 2 N–H and O–H groups in total. The maximum Gasteiger partial charge on any atom is 0.407 e. The molecule has 0 radical (unpaired) electrons. The fraction of sp³-hybridized carbons (Fsp3) is 0.625. The third-order valence-electron chi connectivity index (χ3n) is 1.33. The van der Waals surface area contributed by atoms with Crippen LogP contribution in [0.5, 0.6) is 0 Å². The zero-order valence-electron chi connectivity index (χ0n) is 7.41. The van der Waals surface area contributed by atoms with Crippen LogP contribution in [0.2, 0.25) is 0 Å². The molecule has 70 valence electrons. The fourth-order valence-corrected chi connectivity index (χ4v) is 0.685. The minimum absolute atomic E-state index is 0.315. The summed E-state index contributed by atoms with van der Waals surface area (Å²) in [6.07, 6.45) is 0.261. The standard InChI is InChI=1S/C8H15NO3/c1-4-7(6(3)10)9-8(11)12-5-2/h4,6-7,10H,1,5H2,2-3H3,(H,9,11). The molecular formula is C8H15NO3. The summed E-state index contributed by atoms with van der Waals surface area (Å²) in [6, 6.07) is -0.455. The summed E-state index contributed by atoms with van der Waals surface area (Å²) in [6.45, 7) is 7.06. The van der Waals surface area contributed by atoms with Gasteiger partial charge in [0.25, 0.3) is 0 Å². The van der Waals surface area contributed by atoms with Crippen molar-refractivity contribution in [2.75, 3.05) is 6.61 Å². The van der Waals surface area contributed by atoms with E-state index in [9.17, 15) is 4.79 Å². The first-order valence-corrected chi connectivity index (χ1v) is 3.85. The highest BCUT2D eigenvalue weighted by atomic mass is 16.5. The van der Waals surface area contributed by atoms with Crippen LogP contribution < -0.4 is 5.32 Å². The lowest BCUT2D eigenvalue weighted by atomic mass is 10.2. The Bertz CT molecular complexity index is 156. The van der Waals surface area contributed by atoms with Crippen LogP contribution in [0.4, 0.5) is 4.79 Å². The van der Waals surface area contributed by atoms with E-state index in [4.69, 9.17) is 5.11 Å². The van der Waals surface area contributed by atoms with Gasteiger partial charge in [0, 0.05) is 0 Å². The number of amides is 1. The van der Waals surface area contributed by atoms with Crippen LogP contribution in [0.3, 0.4) is 0 Å². The molecule has 4 nitrogen and oxygen atoms in total. The van der Waals surface area contributed by atoms with Crippen molar-refractivity contribution in [2.45, 2.75) is 26.0 Å². The Morgan fingerprint density at radius 3 is 2.75 bits per heavy atom. The molecule has 0 saturated carbocycles. The predicted molar refractivity (Wildman–Crippen MR) is 45.8 cm³/mol. The maximum absolute atomic E-state index is 10.8. The molecule has 0 aromatic carbocycles. The number of hydrogen-bond donors (Lipinski definition) is 2. The van der Waals surface area contributed by atoms with Gasteiger partial charge in [-0.2, -0.15) is 0 Å². The van der Waals surface area contributed by atoms with Crippen LogP contribution in [0.15, 0.2) is 12.7 Å². The molecule has 2 unspecified atom stereocenters. The number of alkyl carbamates (subject to hydrolysis) is 1. The van der Waals surface area contributed by atoms with Crippen LogP contribution in [-0.2, 0) is 4.74 Å². The van der Waals surface area contributed by atoms with E-state index in [1.165, 1.54) is 6.08 Å². The van der Waals surface area contributed by atoms with Gasteiger partial charge in [0.05, 0.1) is 18.8 Å². The molecule has 0 aromatic heterocycles. The van der Waals surface area contributed by atoms with Gasteiger partial charge in [0.2, 0.25) is 0 Å². The van der Waals surface area contributed by atoms with E-state index in [2.05, 4.69) is 16.6 Å². The third kappa shape index (κ3) is 3.98. The number of nitrogens with one attached hydrogen (secondary N) is 1. The lowest BCUT2D eigenvalue weighted by molar-refractivity contribution is 0.127. The summed E-state index contributed by atoms with van der Waals surface area (Å²) >= 11 is 0. The quantitative estimate of drug-likeness (QED) is 0.614. The molecule has 0 aliphatic carbocycles. The molecule has 0 fully saturated rings. The van der Waals surface area contributed by atoms with Crippen molar-refractivity contribution in [2.24, 2.45) is 0 Å². The first-order chi connectivity index (χ1) is 5.61. The third-order valence-corrected chi connectivity index (χ3v) is 1.33. The minimum Gasteiger partial charge on any atom is -0.450 e. The summed E-state index contributed by atoms with van der Waals surface area (Å²) in [5, 5.41) is 11.5. The van der Waals surface area contributed by atoms with Gasteiger partial charge < -0.3 is 15.2 Å². The van der Waals surface area contributed by atoms with Gasteiger partial charge in [-0.3, -0.25) is 0 Å². The number of aliphatic hydroxyl groups excluding tert-OH is 1. The van der Waals surface area contributed by atoms with E-state index in [0.29, 0.717) is 6.61 Å². The second kappa shape index (κ2) is 5.60. The molecule has 0 spiro atoms. The van der Waals surface area contributed by atoms with Crippen molar-refractivity contribution < 1.29 is 14.6 Å². The maximum atomic E-state index is 10.8. The number of ether oxygens (including phenoxy) is 1. The van der Waals surface area contributed by atoms with Gasteiger partial charge >= 0.3 is 6.09 Å². The van der Waals surface area contributed by atoms with E-state index >= 15 is 0 Å². The van der Waals surface area contributed by atoms with Crippen molar-refractivity contribution >= 4 is 6.09 Å². The largest absolute Gasteiger partial charge is 0.450 e. The normalized spacial score (nSPS) is 14.6. The van der Waals surface area contributed by atoms with Gasteiger partial charge in [-0.15, -0.1) is 6.58 Å². The average Bonchev–Trinajstić information content (AvgIpc) is 2.00. The molecule has 12 heavy (non-hydrogen) atoms. The summed E-state index contributed by atoms with van der Waals surface area (Å²) in [5.74, 6) is 0. The molecule has 0 aliphatic heterocycles. The Labute approximate surface area is 72.2 Å². The predicted octanol–water partition coefficient (Wildman–Crippen LogP) is 0.668. The number of rotatable bonds is 4. The van der Waals surface area contributed by atoms with Gasteiger partial charge in [0.15, 0.2) is 0 Å². The Hall–Kier alpha value is -1.03. The van der Waals surface area contributed by atoms with E-state index in [0.717, 1.165) is 0 Å². The number of hydrogen-bond acceptors (Lipinski definition) is 3.